The van der Waals surface area contributed by atoms with Crippen molar-refractivity contribution in [1.29, 1.82) is 0 Å². The van der Waals surface area contributed by atoms with Crippen molar-refractivity contribution in [1.82, 2.24) is 10.4 Å². The molecule has 1 N–H and O–H groups in total. The number of hydrogen-bond donors (Lipinski definition) is 1. The summed E-state index contributed by atoms with van der Waals surface area (Å²) >= 11 is 0. The van der Waals surface area contributed by atoms with Gasteiger partial charge in [0.2, 0.25) is 0 Å². The van der Waals surface area contributed by atoms with Gasteiger partial charge in [0.1, 0.15) is 5.76 Å². The van der Waals surface area contributed by atoms with Crippen LogP contribution in [0.4, 0.5) is 0 Å². The minimum Gasteiger partial charge on any atom is -0.500 e. The van der Waals surface area contributed by atoms with Gasteiger partial charge < -0.3 is 14.0 Å². The van der Waals surface area contributed by atoms with Crippen LogP contribution in [0.15, 0.2) is 41.2 Å². The van der Waals surface area contributed by atoms with Crippen LogP contribution < -0.4 is 5.43 Å². The number of amides is 2. The normalized spacial score (nSPS) is 20.5. The number of ether oxygens (including phenoxy) is 1. The monoisotopic (exact) mass is 594 g/mol. The molecule has 0 aromatic heterocycles. The predicted octanol–water partition coefficient (Wildman–Crippen LogP) is 7.73. The molecule has 1 heterocycles. The molecule has 3 rings (SSSR count). The predicted molar refractivity (Wildman–Crippen MR) is 174 cm³/mol. The summed E-state index contributed by atoms with van der Waals surface area (Å²) in [5.74, 6) is 0.513. The van der Waals surface area contributed by atoms with Crippen molar-refractivity contribution in [2.75, 3.05) is 7.11 Å². The Morgan fingerprint density at radius 1 is 1.07 bits per heavy atom. The lowest BCUT2D eigenvalue weighted by atomic mass is 9.79. The fourth-order valence-electron chi connectivity index (χ4n) is 6.30. The van der Waals surface area contributed by atoms with Gasteiger partial charge in [-0.3, -0.25) is 15.0 Å². The molecule has 0 bridgehead atoms. The molecule has 1 unspecified atom stereocenters. The molecule has 2 atom stereocenters. The van der Waals surface area contributed by atoms with Crippen molar-refractivity contribution in [2.45, 2.75) is 132 Å². The second kappa shape index (κ2) is 13.6. The molecule has 2 aliphatic rings. The molecular weight excluding hydrogens is 539 g/mol. The second-order valence-electron chi connectivity index (χ2n) is 14.5. The topological polar surface area (TPSA) is 77.1 Å². The average Bonchev–Trinajstić information content (AvgIpc) is 3.10. The molecular formula is C35H55BN2O5. The van der Waals surface area contributed by atoms with E-state index in [2.05, 4.69) is 60.8 Å². The van der Waals surface area contributed by atoms with Gasteiger partial charge in [-0.15, -0.1) is 0 Å². The number of nitrogens with one attached hydrogen (secondary N) is 1. The van der Waals surface area contributed by atoms with Crippen molar-refractivity contribution in [3.8, 4) is 0 Å². The third-order valence-electron chi connectivity index (χ3n) is 9.29. The molecule has 238 valence electrons. The van der Waals surface area contributed by atoms with E-state index in [-0.39, 0.29) is 47.5 Å². The Bertz CT molecular complexity index is 1210. The van der Waals surface area contributed by atoms with Crippen LogP contribution in [-0.2, 0) is 18.8 Å². The highest BCUT2D eigenvalue weighted by Gasteiger charge is 2.50. The van der Waals surface area contributed by atoms with Crippen molar-refractivity contribution in [3.05, 3.63) is 57.9 Å². The molecule has 1 fully saturated rings. The SMILES string of the molecule is CCC[C@@H](N(NC(=O)C1=CCC(CCCB2OC(C)(C)C(C)(C)O2)C(OC)=C1C)C(=O)c1cc(C)cc(C)c1)C(C)(C)C. The minimum absolute atomic E-state index is 0.166. The van der Waals surface area contributed by atoms with Crippen LogP contribution in [0.2, 0.25) is 6.32 Å². The van der Waals surface area contributed by atoms with Crippen LogP contribution >= 0.6 is 0 Å². The van der Waals surface area contributed by atoms with E-state index in [1.165, 1.54) is 0 Å². The zero-order chi connectivity index (χ0) is 32.3. The first-order chi connectivity index (χ1) is 19.9. The van der Waals surface area contributed by atoms with Crippen LogP contribution in [-0.4, -0.2) is 48.3 Å². The molecule has 1 aliphatic carbocycles. The first-order valence-corrected chi connectivity index (χ1v) is 16.0. The molecule has 43 heavy (non-hydrogen) atoms. The smallest absolute Gasteiger partial charge is 0.457 e. The number of aryl methyl sites for hydroxylation is 2. The van der Waals surface area contributed by atoms with Gasteiger partial charge in [0, 0.05) is 17.1 Å². The van der Waals surface area contributed by atoms with Crippen molar-refractivity contribution >= 4 is 18.9 Å². The third kappa shape index (κ3) is 8.13. The van der Waals surface area contributed by atoms with Crippen LogP contribution in [0, 0.1) is 25.2 Å². The lowest BCUT2D eigenvalue weighted by molar-refractivity contribution is -0.122. The molecule has 8 heteroatoms. The Balaban J connectivity index is 1.79. The summed E-state index contributed by atoms with van der Waals surface area (Å²) in [6, 6.07) is 5.64. The molecule has 7 nitrogen and oxygen atoms in total. The zero-order valence-electron chi connectivity index (χ0n) is 28.8. The van der Waals surface area contributed by atoms with E-state index in [1.807, 2.05) is 45.0 Å². The van der Waals surface area contributed by atoms with Gasteiger partial charge in [-0.05, 0) is 97.2 Å². The Hall–Kier alpha value is -2.58. The van der Waals surface area contributed by atoms with E-state index in [9.17, 15) is 9.59 Å². The summed E-state index contributed by atoms with van der Waals surface area (Å²) in [7, 11) is 1.45. The summed E-state index contributed by atoms with van der Waals surface area (Å²) in [6.07, 6.45) is 6.96. The van der Waals surface area contributed by atoms with Gasteiger partial charge >= 0.3 is 7.12 Å². The Labute approximate surface area is 260 Å². The average molecular weight is 595 g/mol. The van der Waals surface area contributed by atoms with Gasteiger partial charge in [0.05, 0.1) is 24.4 Å². The van der Waals surface area contributed by atoms with Gasteiger partial charge in [0.15, 0.2) is 0 Å². The number of benzene rings is 1. The molecule has 1 aliphatic heterocycles. The number of nitrogens with zero attached hydrogens (tertiary/aromatic N) is 1. The maximum atomic E-state index is 14.0. The molecule has 1 saturated heterocycles. The summed E-state index contributed by atoms with van der Waals surface area (Å²) in [6.45, 7) is 22.6. The summed E-state index contributed by atoms with van der Waals surface area (Å²) < 4.78 is 18.2. The number of carbonyl (C=O) groups is 2. The van der Waals surface area contributed by atoms with Crippen LogP contribution in [0.25, 0.3) is 0 Å². The molecule has 2 amide bonds. The van der Waals surface area contributed by atoms with Gasteiger partial charge in [-0.1, -0.05) is 63.8 Å². The summed E-state index contributed by atoms with van der Waals surface area (Å²) in [4.78, 5) is 27.9. The molecule has 0 saturated carbocycles. The highest BCUT2D eigenvalue weighted by Crippen LogP contribution is 2.39. The molecule has 1 aromatic carbocycles. The van der Waals surface area contributed by atoms with Crippen molar-refractivity contribution < 1.29 is 23.6 Å². The zero-order valence-corrected chi connectivity index (χ0v) is 28.8. The number of hydrogen-bond acceptors (Lipinski definition) is 5. The van der Waals surface area contributed by atoms with Crippen molar-refractivity contribution in [2.24, 2.45) is 11.3 Å². The fourth-order valence-corrected chi connectivity index (χ4v) is 6.30. The first kappa shape index (κ1) is 34.9. The number of hydrazine groups is 1. The Kier molecular flexibility index (Phi) is 11.0. The molecule has 1 aromatic rings. The van der Waals surface area contributed by atoms with Gasteiger partial charge in [-0.25, -0.2) is 5.01 Å². The quantitative estimate of drug-likeness (QED) is 0.222. The number of carbonyl (C=O) groups excluding carboxylic acids is 2. The van der Waals surface area contributed by atoms with Crippen LogP contribution in [0.3, 0.4) is 0 Å². The second-order valence-corrected chi connectivity index (χ2v) is 14.5. The largest absolute Gasteiger partial charge is 0.500 e. The van der Waals surface area contributed by atoms with Gasteiger partial charge in [-0.2, -0.15) is 0 Å². The van der Waals surface area contributed by atoms with E-state index < -0.39 is 0 Å². The lowest BCUT2D eigenvalue weighted by Crippen LogP contribution is -2.56. The van der Waals surface area contributed by atoms with Crippen LogP contribution in [0.5, 0.6) is 0 Å². The fraction of sp³-hybridized carbons (Fsp3) is 0.657. The maximum absolute atomic E-state index is 14.0. The Morgan fingerprint density at radius 3 is 2.16 bits per heavy atom. The minimum atomic E-state index is -0.335. The van der Waals surface area contributed by atoms with E-state index >= 15 is 0 Å². The number of allylic oxidation sites excluding steroid dienone is 2. The summed E-state index contributed by atoms with van der Waals surface area (Å²) in [5, 5.41) is 1.58. The summed E-state index contributed by atoms with van der Waals surface area (Å²) in [5.41, 5.74) is 6.11. The molecule has 0 radical (unpaired) electrons. The van der Waals surface area contributed by atoms with E-state index in [0.717, 1.165) is 54.5 Å². The standard InChI is InChI=1S/C35H55BN2O5/c1-13-15-29(33(5,6)7)38(32(40)27-21-23(2)20-24(3)22-27)37-31(39)28-18-17-26(30(41-12)25(28)4)16-14-19-36-42-34(8,9)35(10,11)43-36/h18,20-22,26,29H,13-17,19H2,1-12H3,(H,37,39)/t26?,29-/m1/s1. The first-order valence-electron chi connectivity index (χ1n) is 16.0. The van der Waals surface area contributed by atoms with Gasteiger partial charge in [0.25, 0.3) is 11.8 Å². The Morgan fingerprint density at radius 2 is 1.65 bits per heavy atom. The molecule has 0 spiro atoms. The number of methoxy groups -OCH3 is 1. The van der Waals surface area contributed by atoms with E-state index in [1.54, 1.807) is 12.1 Å². The highest BCUT2D eigenvalue weighted by atomic mass is 16.7. The van der Waals surface area contributed by atoms with E-state index in [4.69, 9.17) is 14.0 Å². The lowest BCUT2D eigenvalue weighted by Gasteiger charge is -2.40. The van der Waals surface area contributed by atoms with E-state index in [0.29, 0.717) is 17.6 Å². The highest BCUT2D eigenvalue weighted by molar-refractivity contribution is 6.45. The van der Waals surface area contributed by atoms with Crippen molar-refractivity contribution in [3.63, 3.8) is 0 Å². The maximum Gasteiger partial charge on any atom is 0.457 e. The third-order valence-corrected chi connectivity index (χ3v) is 9.29. The van der Waals surface area contributed by atoms with Crippen LogP contribution in [0.1, 0.15) is 116 Å². The number of rotatable bonds is 10.